The smallest absolute Gasteiger partial charge is 0.224 e. The Morgan fingerprint density at radius 2 is 1.93 bits per heavy atom. The molecule has 3 aromatic rings. The van der Waals surface area contributed by atoms with E-state index in [9.17, 15) is 4.79 Å². The highest BCUT2D eigenvalue weighted by Gasteiger charge is 2.24. The number of hydrogen-bond acceptors (Lipinski definition) is 4. The molecule has 2 aromatic carbocycles. The van der Waals surface area contributed by atoms with Crippen molar-refractivity contribution < 1.29 is 9.53 Å². The molecule has 1 aliphatic heterocycles. The van der Waals surface area contributed by atoms with Gasteiger partial charge in [0, 0.05) is 17.5 Å². The highest BCUT2D eigenvalue weighted by molar-refractivity contribution is 6.30. The van der Waals surface area contributed by atoms with Crippen LogP contribution in [0.1, 0.15) is 29.3 Å². The average molecular weight is 411 g/mol. The van der Waals surface area contributed by atoms with Gasteiger partial charge in [-0.25, -0.2) is 0 Å². The van der Waals surface area contributed by atoms with E-state index in [4.69, 9.17) is 16.3 Å². The fourth-order valence-electron chi connectivity index (χ4n) is 3.51. The molecule has 2 bridgehead atoms. The lowest BCUT2D eigenvalue weighted by Gasteiger charge is -2.24. The molecule has 1 aromatic heterocycles. The van der Waals surface area contributed by atoms with Crippen molar-refractivity contribution in [3.63, 3.8) is 0 Å². The SMILES string of the molecule is O=C1N[C@@H](c2ccccc2)COCc2cn(nn2)CC[C@H]1Cc1ccc(Cl)cc1. The molecule has 0 fully saturated rings. The van der Waals surface area contributed by atoms with Gasteiger partial charge in [0.1, 0.15) is 5.69 Å². The fraction of sp³-hybridized carbons (Fsp3) is 0.318. The van der Waals surface area contributed by atoms with Gasteiger partial charge in [-0.15, -0.1) is 5.10 Å². The summed E-state index contributed by atoms with van der Waals surface area (Å²) in [7, 11) is 0. The maximum Gasteiger partial charge on any atom is 0.224 e. The predicted molar refractivity (Wildman–Crippen MR) is 110 cm³/mol. The van der Waals surface area contributed by atoms with Gasteiger partial charge in [0.15, 0.2) is 0 Å². The molecule has 4 rings (SSSR count). The van der Waals surface area contributed by atoms with E-state index in [1.165, 1.54) is 0 Å². The lowest BCUT2D eigenvalue weighted by molar-refractivity contribution is -0.126. The number of carbonyl (C=O) groups excluding carboxylic acids is 1. The number of carbonyl (C=O) groups is 1. The van der Waals surface area contributed by atoms with Gasteiger partial charge >= 0.3 is 0 Å². The minimum absolute atomic E-state index is 0.0123. The van der Waals surface area contributed by atoms with Crippen molar-refractivity contribution in [2.75, 3.05) is 6.61 Å². The summed E-state index contributed by atoms with van der Waals surface area (Å²) in [6, 6.07) is 17.3. The number of nitrogens with one attached hydrogen (secondary N) is 1. The zero-order chi connectivity index (χ0) is 20.1. The van der Waals surface area contributed by atoms with Gasteiger partial charge in [0.2, 0.25) is 5.91 Å². The molecule has 6 nitrogen and oxygen atoms in total. The first-order valence-corrected chi connectivity index (χ1v) is 10.1. The second-order valence-electron chi connectivity index (χ2n) is 7.28. The van der Waals surface area contributed by atoms with E-state index in [1.54, 1.807) is 4.68 Å². The van der Waals surface area contributed by atoms with Crippen LogP contribution in [0.3, 0.4) is 0 Å². The Morgan fingerprint density at radius 1 is 1.14 bits per heavy atom. The van der Waals surface area contributed by atoms with Crippen LogP contribution in [0, 0.1) is 5.92 Å². The van der Waals surface area contributed by atoms with E-state index < -0.39 is 0 Å². The number of nitrogens with zero attached hydrogens (tertiary/aromatic N) is 3. The molecule has 2 atom stereocenters. The number of ether oxygens (including phenoxy) is 1. The Balaban J connectivity index is 1.58. The number of halogens is 1. The van der Waals surface area contributed by atoms with Crippen molar-refractivity contribution in [2.45, 2.75) is 32.0 Å². The number of aromatic nitrogens is 3. The molecule has 7 heteroatoms. The third-order valence-electron chi connectivity index (χ3n) is 5.11. The maximum absolute atomic E-state index is 13.2. The Labute approximate surface area is 174 Å². The van der Waals surface area contributed by atoms with Gasteiger partial charge in [0.05, 0.1) is 25.5 Å². The molecule has 0 unspecified atom stereocenters. The van der Waals surface area contributed by atoms with Crippen LogP contribution in [0.25, 0.3) is 0 Å². The first-order chi connectivity index (χ1) is 14.2. The number of aryl methyl sites for hydroxylation is 1. The number of rotatable bonds is 3. The average Bonchev–Trinajstić information content (AvgIpc) is 3.19. The minimum Gasteiger partial charge on any atom is -0.373 e. The van der Waals surface area contributed by atoms with Gasteiger partial charge in [-0.3, -0.25) is 9.48 Å². The van der Waals surface area contributed by atoms with Crippen molar-refractivity contribution in [2.24, 2.45) is 5.92 Å². The van der Waals surface area contributed by atoms with Gasteiger partial charge in [-0.1, -0.05) is 59.3 Å². The highest BCUT2D eigenvalue weighted by Crippen LogP contribution is 2.20. The summed E-state index contributed by atoms with van der Waals surface area (Å²) in [6.45, 7) is 1.36. The zero-order valence-electron chi connectivity index (χ0n) is 16.0. The fourth-order valence-corrected chi connectivity index (χ4v) is 3.64. The number of benzene rings is 2. The summed E-state index contributed by atoms with van der Waals surface area (Å²) in [5.74, 6) is -0.187. The van der Waals surface area contributed by atoms with Crippen LogP contribution in [-0.4, -0.2) is 27.5 Å². The molecular weight excluding hydrogens is 388 g/mol. The molecule has 0 saturated carbocycles. The Hall–Kier alpha value is -2.70. The van der Waals surface area contributed by atoms with Crippen molar-refractivity contribution in [3.8, 4) is 0 Å². The van der Waals surface area contributed by atoms with Crippen molar-refractivity contribution in [3.05, 3.63) is 82.6 Å². The first kappa shape index (κ1) is 19.6. The molecule has 1 N–H and O–H groups in total. The van der Waals surface area contributed by atoms with E-state index >= 15 is 0 Å². The van der Waals surface area contributed by atoms with Crippen LogP contribution in [0.15, 0.2) is 60.8 Å². The second-order valence-corrected chi connectivity index (χ2v) is 7.71. The van der Waals surface area contributed by atoms with E-state index in [0.717, 1.165) is 16.8 Å². The van der Waals surface area contributed by atoms with Gasteiger partial charge < -0.3 is 10.1 Å². The van der Waals surface area contributed by atoms with Crippen molar-refractivity contribution in [1.82, 2.24) is 20.3 Å². The molecular formula is C22H23ClN4O2. The van der Waals surface area contributed by atoms with Crippen LogP contribution in [0.2, 0.25) is 5.02 Å². The van der Waals surface area contributed by atoms with E-state index in [0.29, 0.717) is 37.6 Å². The normalized spacial score (nSPS) is 20.4. The molecule has 0 aliphatic carbocycles. The highest BCUT2D eigenvalue weighted by atomic mass is 35.5. The van der Waals surface area contributed by atoms with Crippen molar-refractivity contribution >= 4 is 17.5 Å². The number of amides is 1. The topological polar surface area (TPSA) is 69.0 Å². The third kappa shape index (κ3) is 5.22. The Kier molecular flexibility index (Phi) is 6.22. The summed E-state index contributed by atoms with van der Waals surface area (Å²) < 4.78 is 7.62. The van der Waals surface area contributed by atoms with Crippen LogP contribution < -0.4 is 5.32 Å². The molecule has 0 radical (unpaired) electrons. The monoisotopic (exact) mass is 410 g/mol. The third-order valence-corrected chi connectivity index (χ3v) is 5.36. The van der Waals surface area contributed by atoms with Gasteiger partial charge in [-0.2, -0.15) is 0 Å². The molecule has 1 aliphatic rings. The minimum atomic E-state index is -0.217. The lowest BCUT2D eigenvalue weighted by atomic mass is 9.94. The quantitative estimate of drug-likeness (QED) is 0.716. The summed E-state index contributed by atoms with van der Waals surface area (Å²) in [5, 5.41) is 12.2. The molecule has 1 amide bonds. The zero-order valence-corrected chi connectivity index (χ0v) is 16.8. The van der Waals surface area contributed by atoms with Gasteiger partial charge in [-0.05, 0) is 36.1 Å². The predicted octanol–water partition coefficient (Wildman–Crippen LogP) is 3.57. The molecule has 150 valence electrons. The molecule has 0 saturated heterocycles. The summed E-state index contributed by atoms with van der Waals surface area (Å²) in [5.41, 5.74) is 2.89. The van der Waals surface area contributed by atoms with Crippen LogP contribution in [-0.2, 0) is 29.1 Å². The Morgan fingerprint density at radius 3 is 2.72 bits per heavy atom. The Bertz CT molecular complexity index is 943. The molecule has 0 spiro atoms. The van der Waals surface area contributed by atoms with Crippen LogP contribution in [0.4, 0.5) is 0 Å². The standard InChI is InChI=1S/C22H23ClN4O2/c23-19-8-6-16(7-9-19)12-18-10-11-27-13-20(25-26-27)14-29-15-21(24-22(18)28)17-4-2-1-3-5-17/h1-9,13,18,21H,10-12,14-15H2,(H,24,28)/t18-,21+/m0/s1. The number of fused-ring (bicyclic) bond motifs is 2. The second kappa shape index (κ2) is 9.20. The van der Waals surface area contributed by atoms with Gasteiger partial charge in [0.25, 0.3) is 0 Å². The maximum atomic E-state index is 13.2. The van der Waals surface area contributed by atoms with E-state index in [2.05, 4.69) is 15.6 Å². The molecule has 29 heavy (non-hydrogen) atoms. The summed E-state index contributed by atoms with van der Waals surface area (Å²) >= 11 is 6.00. The number of hydrogen-bond donors (Lipinski definition) is 1. The van der Waals surface area contributed by atoms with E-state index in [1.807, 2.05) is 60.8 Å². The van der Waals surface area contributed by atoms with Crippen molar-refractivity contribution in [1.29, 1.82) is 0 Å². The van der Waals surface area contributed by atoms with Crippen LogP contribution in [0.5, 0.6) is 0 Å². The largest absolute Gasteiger partial charge is 0.373 e. The summed E-state index contributed by atoms with van der Waals surface area (Å²) in [4.78, 5) is 13.2. The summed E-state index contributed by atoms with van der Waals surface area (Å²) in [6.07, 6.45) is 3.18. The van der Waals surface area contributed by atoms with Crippen LogP contribution >= 0.6 is 11.6 Å². The lowest BCUT2D eigenvalue weighted by Crippen LogP contribution is -2.37. The van der Waals surface area contributed by atoms with E-state index in [-0.39, 0.29) is 17.9 Å². The first-order valence-electron chi connectivity index (χ1n) is 9.74. The molecule has 2 heterocycles.